The molecule has 3 rings (SSSR count). The average molecular weight is 483 g/mol. The molecule has 0 bridgehead atoms. The molecule has 0 aromatic heterocycles. The number of aliphatic carboxylic acids is 1. The first-order chi connectivity index (χ1) is 16.6. The minimum atomic E-state index is -1.23. The molecular formula is C27H34N2O6. The number of carbonyl (C=O) groups excluding carboxylic acids is 2. The Morgan fingerprint density at radius 3 is 2.00 bits per heavy atom. The number of aliphatic hydroxyl groups excluding tert-OH is 1. The van der Waals surface area contributed by atoms with E-state index in [1.165, 1.54) is 0 Å². The van der Waals surface area contributed by atoms with E-state index in [1.807, 2.05) is 50.2 Å². The number of rotatable bonds is 10. The number of fused-ring (bicyclic) bond motifs is 3. The molecule has 0 saturated heterocycles. The molecule has 2 amide bonds. The fraction of sp³-hybridized carbons (Fsp3) is 0.444. The first kappa shape index (κ1) is 26.2. The first-order valence-electron chi connectivity index (χ1n) is 11.8. The molecule has 2 aromatic rings. The topological polar surface area (TPSA) is 125 Å². The Labute approximate surface area is 205 Å². The minimum Gasteiger partial charge on any atom is -0.480 e. The van der Waals surface area contributed by atoms with Crippen LogP contribution >= 0.6 is 0 Å². The van der Waals surface area contributed by atoms with E-state index >= 15 is 0 Å². The van der Waals surface area contributed by atoms with Crippen molar-refractivity contribution in [2.75, 3.05) is 13.2 Å². The van der Waals surface area contributed by atoms with Crippen molar-refractivity contribution < 1.29 is 29.3 Å². The molecule has 0 saturated carbocycles. The summed E-state index contributed by atoms with van der Waals surface area (Å²) in [5, 5.41) is 23.7. The molecule has 0 fully saturated rings. The smallest absolute Gasteiger partial charge is 0.407 e. The van der Waals surface area contributed by atoms with Crippen LogP contribution in [0.3, 0.4) is 0 Å². The Balaban J connectivity index is 1.69. The molecular weight excluding hydrogens is 448 g/mol. The molecule has 0 heterocycles. The van der Waals surface area contributed by atoms with Crippen LogP contribution in [0.25, 0.3) is 11.1 Å². The number of benzene rings is 2. The van der Waals surface area contributed by atoms with Crippen molar-refractivity contribution in [3.8, 4) is 11.1 Å². The van der Waals surface area contributed by atoms with E-state index in [9.17, 15) is 19.5 Å². The van der Waals surface area contributed by atoms with Crippen LogP contribution < -0.4 is 10.6 Å². The third kappa shape index (κ3) is 5.65. The molecule has 2 aromatic carbocycles. The van der Waals surface area contributed by atoms with Crippen molar-refractivity contribution in [3.63, 3.8) is 0 Å². The van der Waals surface area contributed by atoms with Gasteiger partial charge < -0.3 is 25.6 Å². The van der Waals surface area contributed by atoms with Crippen LogP contribution in [0, 0.1) is 11.3 Å². The number of alkyl carbamates (subject to hydrolysis) is 1. The van der Waals surface area contributed by atoms with Gasteiger partial charge in [-0.3, -0.25) is 4.79 Å². The lowest BCUT2D eigenvalue weighted by atomic mass is 9.77. The van der Waals surface area contributed by atoms with Gasteiger partial charge in [0.2, 0.25) is 5.91 Å². The summed E-state index contributed by atoms with van der Waals surface area (Å²) in [7, 11) is 0. The predicted octanol–water partition coefficient (Wildman–Crippen LogP) is 3.53. The number of hydrogen-bond donors (Lipinski definition) is 4. The van der Waals surface area contributed by atoms with Crippen LogP contribution in [-0.2, 0) is 14.3 Å². The van der Waals surface area contributed by atoms with Crippen LogP contribution in [-0.4, -0.2) is 53.5 Å². The maximum absolute atomic E-state index is 13.0. The average Bonchev–Trinajstić information content (AvgIpc) is 3.14. The van der Waals surface area contributed by atoms with E-state index in [1.54, 1.807) is 13.8 Å². The van der Waals surface area contributed by atoms with E-state index in [0.717, 1.165) is 22.3 Å². The molecule has 188 valence electrons. The van der Waals surface area contributed by atoms with Crippen molar-refractivity contribution in [1.29, 1.82) is 0 Å². The lowest BCUT2D eigenvalue weighted by molar-refractivity contribution is -0.144. The number of carbonyl (C=O) groups is 3. The van der Waals surface area contributed by atoms with Gasteiger partial charge in [-0.2, -0.15) is 0 Å². The molecule has 8 nitrogen and oxygen atoms in total. The molecule has 2 atom stereocenters. The van der Waals surface area contributed by atoms with Crippen molar-refractivity contribution in [1.82, 2.24) is 10.6 Å². The van der Waals surface area contributed by atoms with Gasteiger partial charge in [-0.15, -0.1) is 0 Å². The second kappa shape index (κ2) is 10.9. The van der Waals surface area contributed by atoms with Gasteiger partial charge >= 0.3 is 12.1 Å². The third-order valence-electron chi connectivity index (χ3n) is 6.67. The highest BCUT2D eigenvalue weighted by atomic mass is 16.5. The van der Waals surface area contributed by atoms with E-state index in [-0.39, 0.29) is 31.5 Å². The molecule has 4 N–H and O–H groups in total. The van der Waals surface area contributed by atoms with Crippen molar-refractivity contribution in [3.05, 3.63) is 59.7 Å². The van der Waals surface area contributed by atoms with E-state index < -0.39 is 35.5 Å². The quantitative estimate of drug-likeness (QED) is 0.411. The number of amides is 2. The van der Waals surface area contributed by atoms with Gasteiger partial charge in [-0.05, 0) is 42.0 Å². The zero-order valence-corrected chi connectivity index (χ0v) is 20.6. The van der Waals surface area contributed by atoms with Crippen LogP contribution in [0.15, 0.2) is 48.5 Å². The largest absolute Gasteiger partial charge is 0.480 e. The molecule has 1 aliphatic rings. The SMILES string of the molecule is CC(C)C(NC(=O)OCC1c2ccccc2-c2ccccc21)C(C)(C)C(=O)N[C@@H](CCO)C(=O)O. The number of nitrogens with one attached hydrogen (secondary N) is 2. The molecule has 0 aliphatic heterocycles. The third-order valence-corrected chi connectivity index (χ3v) is 6.67. The molecule has 1 unspecified atom stereocenters. The summed E-state index contributed by atoms with van der Waals surface area (Å²) in [6.07, 6.45) is -0.750. The normalized spacial score (nSPS) is 14.6. The summed E-state index contributed by atoms with van der Waals surface area (Å²) in [6.45, 7) is 6.80. The maximum atomic E-state index is 13.0. The molecule has 35 heavy (non-hydrogen) atoms. The van der Waals surface area contributed by atoms with E-state index in [2.05, 4.69) is 22.8 Å². The Morgan fingerprint density at radius 1 is 0.971 bits per heavy atom. The number of hydrogen-bond acceptors (Lipinski definition) is 5. The van der Waals surface area contributed by atoms with Gasteiger partial charge in [-0.1, -0.05) is 62.4 Å². The van der Waals surface area contributed by atoms with Gasteiger partial charge in [0.25, 0.3) is 0 Å². The summed E-state index contributed by atoms with van der Waals surface area (Å²) < 4.78 is 5.64. The fourth-order valence-electron chi connectivity index (χ4n) is 4.82. The Kier molecular flexibility index (Phi) is 8.17. The van der Waals surface area contributed by atoms with Crippen LogP contribution in [0.1, 0.15) is 51.2 Å². The highest BCUT2D eigenvalue weighted by Gasteiger charge is 2.41. The summed E-state index contributed by atoms with van der Waals surface area (Å²) >= 11 is 0. The molecule has 8 heteroatoms. The number of carboxylic acid groups (broad SMARTS) is 1. The summed E-state index contributed by atoms with van der Waals surface area (Å²) in [5.74, 6) is -1.99. The predicted molar refractivity (Wildman–Crippen MR) is 132 cm³/mol. The standard InChI is InChI=1S/C27H34N2O6/c1-16(2)23(27(3,4)25(33)28-22(13-14-30)24(31)32)29-26(34)35-15-21-19-11-7-5-9-17(19)18-10-6-8-12-20(18)21/h5-12,16,21-23,30H,13-15H2,1-4H3,(H,28,33)(H,29,34)(H,31,32)/t22-,23?/m0/s1. The maximum Gasteiger partial charge on any atom is 0.407 e. The van der Waals surface area contributed by atoms with E-state index in [4.69, 9.17) is 9.84 Å². The Morgan fingerprint density at radius 2 is 1.51 bits per heavy atom. The van der Waals surface area contributed by atoms with Crippen molar-refractivity contribution >= 4 is 18.0 Å². The highest BCUT2D eigenvalue weighted by Crippen LogP contribution is 2.44. The minimum absolute atomic E-state index is 0.0863. The lowest BCUT2D eigenvalue weighted by Crippen LogP contribution is -2.57. The number of carboxylic acids is 1. The Bertz CT molecular complexity index is 1040. The van der Waals surface area contributed by atoms with Gasteiger partial charge in [0, 0.05) is 25.0 Å². The number of aliphatic hydroxyl groups is 1. The lowest BCUT2D eigenvalue weighted by Gasteiger charge is -2.36. The first-order valence-corrected chi connectivity index (χ1v) is 11.8. The summed E-state index contributed by atoms with van der Waals surface area (Å²) in [6, 6.07) is 14.3. The molecule has 0 radical (unpaired) electrons. The Hall–Kier alpha value is -3.39. The fourth-order valence-corrected chi connectivity index (χ4v) is 4.82. The summed E-state index contributed by atoms with van der Waals surface area (Å²) in [5.41, 5.74) is 3.33. The zero-order valence-electron chi connectivity index (χ0n) is 20.6. The van der Waals surface area contributed by atoms with Crippen molar-refractivity contribution in [2.24, 2.45) is 11.3 Å². The van der Waals surface area contributed by atoms with Gasteiger partial charge in [0.15, 0.2) is 0 Å². The second-order valence-electron chi connectivity index (χ2n) is 9.79. The zero-order chi connectivity index (χ0) is 25.8. The number of ether oxygens (including phenoxy) is 1. The monoisotopic (exact) mass is 482 g/mol. The van der Waals surface area contributed by atoms with Crippen LogP contribution in [0.5, 0.6) is 0 Å². The molecule has 1 aliphatic carbocycles. The second-order valence-corrected chi connectivity index (χ2v) is 9.79. The summed E-state index contributed by atoms with van der Waals surface area (Å²) in [4.78, 5) is 37.2. The highest BCUT2D eigenvalue weighted by molar-refractivity contribution is 5.88. The van der Waals surface area contributed by atoms with Gasteiger partial charge in [-0.25, -0.2) is 9.59 Å². The van der Waals surface area contributed by atoms with Gasteiger partial charge in [0.05, 0.1) is 5.41 Å². The van der Waals surface area contributed by atoms with Gasteiger partial charge in [0.1, 0.15) is 12.6 Å². The van der Waals surface area contributed by atoms with Crippen LogP contribution in [0.4, 0.5) is 4.79 Å². The molecule has 0 spiro atoms. The van der Waals surface area contributed by atoms with Crippen molar-refractivity contribution in [2.45, 2.75) is 52.1 Å². The van der Waals surface area contributed by atoms with Crippen LogP contribution in [0.2, 0.25) is 0 Å². The van der Waals surface area contributed by atoms with E-state index in [0.29, 0.717) is 0 Å².